The second-order valence-corrected chi connectivity index (χ2v) is 10.2. The smallest absolute Gasteiger partial charge is 0.313 e. The van der Waals surface area contributed by atoms with Gasteiger partial charge in [-0.25, -0.2) is 4.68 Å². The summed E-state index contributed by atoms with van der Waals surface area (Å²) >= 11 is 2.50. The number of hydrogen-bond donors (Lipinski definition) is 3. The van der Waals surface area contributed by atoms with Crippen molar-refractivity contribution < 1.29 is 29.4 Å². The summed E-state index contributed by atoms with van der Waals surface area (Å²) in [6, 6.07) is 5.07. The van der Waals surface area contributed by atoms with Crippen LogP contribution in [-0.4, -0.2) is 94.9 Å². The highest BCUT2D eigenvalue weighted by Gasteiger charge is 2.57. The van der Waals surface area contributed by atoms with Gasteiger partial charge in [0.2, 0.25) is 11.1 Å². The average Bonchev–Trinajstić information content (AvgIpc) is 3.28. The molecule has 13 nitrogen and oxygen atoms in total. The van der Waals surface area contributed by atoms with Crippen LogP contribution in [0.5, 0.6) is 5.75 Å². The SMILES string of the molecule is C=CCON=C(C(=O)NC1C(=O)N2CC(CSc3nnnn3C)(C(=O)O)CS[C@H]12)c1cccc(O)c1. The molecule has 2 aliphatic rings. The van der Waals surface area contributed by atoms with Gasteiger partial charge in [0, 0.05) is 30.7 Å². The number of oxime groups is 1. The Hall–Kier alpha value is -3.59. The van der Waals surface area contributed by atoms with Gasteiger partial charge in [0.05, 0.1) is 0 Å². The first-order chi connectivity index (χ1) is 17.3. The summed E-state index contributed by atoms with van der Waals surface area (Å²) in [5.74, 6) is -1.73. The molecule has 2 unspecified atom stereocenters. The second-order valence-electron chi connectivity index (χ2n) is 8.15. The lowest BCUT2D eigenvalue weighted by atomic mass is 9.89. The normalized spacial score (nSPS) is 23.4. The van der Waals surface area contributed by atoms with Crippen LogP contribution in [0.15, 0.2) is 47.2 Å². The zero-order chi connectivity index (χ0) is 25.9. The molecule has 0 bridgehead atoms. The number of nitrogens with zero attached hydrogens (tertiary/aromatic N) is 6. The van der Waals surface area contributed by atoms with E-state index in [4.69, 9.17) is 4.84 Å². The van der Waals surface area contributed by atoms with Crippen molar-refractivity contribution in [3.8, 4) is 5.75 Å². The first kappa shape index (κ1) is 25.5. The molecule has 0 aliphatic carbocycles. The number of β-lactam (4-membered cyclic amide) rings is 1. The van der Waals surface area contributed by atoms with Crippen molar-refractivity contribution in [2.45, 2.75) is 16.6 Å². The Labute approximate surface area is 213 Å². The average molecular weight is 534 g/mol. The molecule has 0 saturated carbocycles. The molecule has 3 atom stereocenters. The number of aryl methyl sites for hydroxylation is 1. The van der Waals surface area contributed by atoms with E-state index in [0.717, 1.165) is 0 Å². The number of carbonyl (C=O) groups is 3. The van der Waals surface area contributed by atoms with E-state index in [1.807, 2.05) is 0 Å². The van der Waals surface area contributed by atoms with E-state index in [1.54, 1.807) is 19.2 Å². The van der Waals surface area contributed by atoms with Gasteiger partial charge in [-0.3, -0.25) is 14.4 Å². The molecule has 4 rings (SSSR count). The lowest BCUT2D eigenvalue weighted by Gasteiger charge is -2.53. The molecule has 2 aliphatic heterocycles. The molecule has 15 heteroatoms. The van der Waals surface area contributed by atoms with E-state index in [9.17, 15) is 24.6 Å². The second kappa shape index (κ2) is 10.6. The highest BCUT2D eigenvalue weighted by atomic mass is 32.2. The number of aromatic hydroxyl groups is 1. The van der Waals surface area contributed by atoms with Crippen LogP contribution >= 0.6 is 23.5 Å². The molecule has 36 heavy (non-hydrogen) atoms. The van der Waals surface area contributed by atoms with E-state index in [0.29, 0.717) is 10.7 Å². The van der Waals surface area contributed by atoms with E-state index in [-0.39, 0.29) is 36.1 Å². The Balaban J connectivity index is 1.45. The number of thioether (sulfide) groups is 2. The predicted molar refractivity (Wildman–Crippen MR) is 130 cm³/mol. The summed E-state index contributed by atoms with van der Waals surface area (Å²) in [6.45, 7) is 3.59. The fourth-order valence-corrected chi connectivity index (χ4v) is 6.41. The number of nitrogens with one attached hydrogen (secondary N) is 1. The molecule has 2 amide bonds. The largest absolute Gasteiger partial charge is 0.508 e. The number of amides is 2. The fourth-order valence-electron chi connectivity index (χ4n) is 3.69. The van der Waals surface area contributed by atoms with Crippen molar-refractivity contribution in [2.24, 2.45) is 17.6 Å². The van der Waals surface area contributed by atoms with E-state index < -0.39 is 34.6 Å². The Bertz CT molecular complexity index is 1220. The van der Waals surface area contributed by atoms with Gasteiger partial charge in [0.25, 0.3) is 5.91 Å². The minimum Gasteiger partial charge on any atom is -0.508 e. The van der Waals surface area contributed by atoms with Crippen molar-refractivity contribution >= 4 is 47.0 Å². The number of rotatable bonds is 10. The van der Waals surface area contributed by atoms with Gasteiger partial charge in [0.15, 0.2) is 5.71 Å². The van der Waals surface area contributed by atoms with Crippen molar-refractivity contribution in [1.29, 1.82) is 0 Å². The zero-order valence-corrected chi connectivity index (χ0v) is 20.7. The molecular formula is C21H23N7O6S2. The van der Waals surface area contributed by atoms with Gasteiger partial charge in [-0.2, -0.15) is 0 Å². The molecule has 2 aromatic rings. The summed E-state index contributed by atoms with van der Waals surface area (Å²) in [6.07, 6.45) is 1.46. The first-order valence-corrected chi connectivity index (χ1v) is 12.7. The van der Waals surface area contributed by atoms with E-state index in [1.165, 1.54) is 51.3 Å². The van der Waals surface area contributed by atoms with Crippen molar-refractivity contribution in [3.63, 3.8) is 0 Å². The molecule has 0 radical (unpaired) electrons. The quantitative estimate of drug-likeness (QED) is 0.0943. The maximum absolute atomic E-state index is 13.0. The molecule has 190 valence electrons. The van der Waals surface area contributed by atoms with Gasteiger partial charge in [0.1, 0.15) is 29.2 Å². The van der Waals surface area contributed by atoms with Crippen LogP contribution in [0.1, 0.15) is 5.56 Å². The number of tetrazole rings is 1. The molecule has 2 saturated heterocycles. The van der Waals surface area contributed by atoms with Crippen molar-refractivity contribution in [2.75, 3.05) is 24.7 Å². The molecule has 3 heterocycles. The Morgan fingerprint density at radius 1 is 1.47 bits per heavy atom. The highest BCUT2D eigenvalue weighted by molar-refractivity contribution is 8.00. The summed E-state index contributed by atoms with van der Waals surface area (Å²) in [5.41, 5.74) is -1.01. The number of fused-ring (bicyclic) bond motifs is 1. The Morgan fingerprint density at radius 2 is 2.28 bits per heavy atom. The van der Waals surface area contributed by atoms with Crippen LogP contribution in [0.25, 0.3) is 0 Å². The van der Waals surface area contributed by atoms with Crippen LogP contribution < -0.4 is 5.32 Å². The van der Waals surface area contributed by atoms with Gasteiger partial charge < -0.3 is 25.3 Å². The Morgan fingerprint density at radius 3 is 2.94 bits per heavy atom. The number of hydrogen-bond acceptors (Lipinski definition) is 11. The maximum atomic E-state index is 13.0. The summed E-state index contributed by atoms with van der Waals surface area (Å²) < 4.78 is 1.45. The van der Waals surface area contributed by atoms with Crippen LogP contribution in [0.4, 0.5) is 0 Å². The minimum atomic E-state index is -1.20. The van der Waals surface area contributed by atoms with Crippen LogP contribution in [0.3, 0.4) is 0 Å². The summed E-state index contributed by atoms with van der Waals surface area (Å²) in [7, 11) is 1.66. The molecule has 2 fully saturated rings. The van der Waals surface area contributed by atoms with Gasteiger partial charge in [-0.1, -0.05) is 41.7 Å². The van der Waals surface area contributed by atoms with Gasteiger partial charge >= 0.3 is 5.97 Å². The lowest BCUT2D eigenvalue weighted by molar-refractivity contribution is -0.157. The number of aliphatic carboxylic acids is 1. The predicted octanol–water partition coefficient (Wildman–Crippen LogP) is 0.0856. The maximum Gasteiger partial charge on any atom is 0.313 e. The summed E-state index contributed by atoms with van der Waals surface area (Å²) in [5, 5.41) is 37.5. The number of aromatic nitrogens is 4. The molecule has 1 aromatic heterocycles. The van der Waals surface area contributed by atoms with Crippen LogP contribution in [0, 0.1) is 5.41 Å². The molecule has 3 N–H and O–H groups in total. The fraction of sp³-hybridized carbons (Fsp3) is 0.381. The number of phenolic OH excluding ortho intramolecular Hbond substituents is 1. The van der Waals surface area contributed by atoms with Crippen molar-refractivity contribution in [1.82, 2.24) is 30.4 Å². The first-order valence-electron chi connectivity index (χ1n) is 10.7. The number of carboxylic acid groups (broad SMARTS) is 1. The van der Waals surface area contributed by atoms with Gasteiger partial charge in [-0.15, -0.1) is 16.9 Å². The number of carboxylic acids is 1. The lowest BCUT2D eigenvalue weighted by Crippen LogP contribution is -2.74. The minimum absolute atomic E-state index is 0.000562. The van der Waals surface area contributed by atoms with E-state index in [2.05, 4.69) is 32.6 Å². The van der Waals surface area contributed by atoms with Crippen LogP contribution in [-0.2, 0) is 26.3 Å². The third kappa shape index (κ3) is 5.02. The zero-order valence-electron chi connectivity index (χ0n) is 19.1. The van der Waals surface area contributed by atoms with Crippen molar-refractivity contribution in [3.05, 3.63) is 42.5 Å². The summed E-state index contributed by atoms with van der Waals surface area (Å²) in [4.78, 5) is 44.7. The monoisotopic (exact) mass is 533 g/mol. The number of phenols is 1. The third-order valence-electron chi connectivity index (χ3n) is 5.63. The number of benzene rings is 1. The van der Waals surface area contributed by atoms with E-state index >= 15 is 0 Å². The topological polar surface area (TPSA) is 172 Å². The number of carbonyl (C=O) groups excluding carboxylic acids is 2. The highest BCUT2D eigenvalue weighted by Crippen LogP contribution is 2.44. The Kier molecular flexibility index (Phi) is 7.49. The standard InChI is InChI=1S/C21H23N7O6S2/c1-3-7-34-24-14(12-5-4-6-13(29)8-12)16(30)22-15-17(31)28-9-21(19(32)33,10-35-18(15)28)11-36-20-23-25-26-27(20)2/h3-6,8,15,18,29H,1,7,9-11H2,2H3,(H,22,30)(H,32,33)/t15?,18-,21?/m1/s1. The molecule has 1 aromatic carbocycles. The molecular weight excluding hydrogens is 510 g/mol. The third-order valence-corrected chi connectivity index (χ3v) is 8.52. The van der Waals surface area contributed by atoms with Crippen LogP contribution in [0.2, 0.25) is 0 Å². The van der Waals surface area contributed by atoms with Gasteiger partial charge in [-0.05, 0) is 22.6 Å². The molecule has 0 spiro atoms.